The number of rotatable bonds is 2. The van der Waals surface area contributed by atoms with Gasteiger partial charge in [-0.1, -0.05) is 0 Å². The highest BCUT2D eigenvalue weighted by Gasteiger charge is 2.49. The Balaban J connectivity index is 1.47. The quantitative estimate of drug-likeness (QED) is 0.803. The molecule has 19 heavy (non-hydrogen) atoms. The minimum absolute atomic E-state index is 0.344. The molecule has 1 saturated heterocycles. The van der Waals surface area contributed by atoms with Gasteiger partial charge in [-0.25, -0.2) is 0 Å². The van der Waals surface area contributed by atoms with Crippen molar-refractivity contribution in [2.24, 2.45) is 29.6 Å². The predicted molar refractivity (Wildman–Crippen MR) is 76.8 cm³/mol. The highest BCUT2D eigenvalue weighted by molar-refractivity contribution is 5.00. The maximum absolute atomic E-state index is 11.0. The zero-order valence-corrected chi connectivity index (χ0v) is 12.1. The minimum Gasteiger partial charge on any atom is -0.390 e. The van der Waals surface area contributed by atoms with E-state index >= 15 is 0 Å². The summed E-state index contributed by atoms with van der Waals surface area (Å²) in [6, 6.07) is 0. The average Bonchev–Trinajstić information content (AvgIpc) is 2.58. The number of nitrogens with one attached hydrogen (secondary N) is 1. The molecule has 1 unspecified atom stereocenters. The van der Waals surface area contributed by atoms with Crippen LogP contribution in [0.2, 0.25) is 0 Å². The van der Waals surface area contributed by atoms with Crippen LogP contribution in [0.1, 0.15) is 57.8 Å². The first-order valence-electron chi connectivity index (χ1n) is 8.65. The Labute approximate surface area is 117 Å². The van der Waals surface area contributed by atoms with Crippen LogP contribution in [0.15, 0.2) is 0 Å². The molecular weight excluding hydrogens is 234 g/mol. The molecule has 2 nitrogen and oxygen atoms in total. The molecule has 0 aromatic heterocycles. The molecule has 5 fully saturated rings. The van der Waals surface area contributed by atoms with Crippen molar-refractivity contribution in [2.45, 2.75) is 63.4 Å². The standard InChI is InChI=1S/C17H29NO/c19-17(2-1-4-18-5-3-17)11-16-14-7-12-6-13(9-14)10-15(16)8-12/h12-16,18-19H,1-11H2. The molecule has 1 atom stereocenters. The number of hydrogen-bond acceptors (Lipinski definition) is 2. The Morgan fingerprint density at radius 2 is 1.58 bits per heavy atom. The molecule has 0 spiro atoms. The van der Waals surface area contributed by atoms with Crippen molar-refractivity contribution in [2.75, 3.05) is 13.1 Å². The SMILES string of the molecule is OC1(CC2C3CC4CC(C3)CC2C4)CCCNCC1. The monoisotopic (exact) mass is 263 g/mol. The van der Waals surface area contributed by atoms with Crippen LogP contribution in [0.25, 0.3) is 0 Å². The van der Waals surface area contributed by atoms with Gasteiger partial charge in [-0.05, 0) is 100 Å². The van der Waals surface area contributed by atoms with Gasteiger partial charge in [0, 0.05) is 0 Å². The normalized spacial score (nSPS) is 53.2. The lowest BCUT2D eigenvalue weighted by Crippen LogP contribution is -2.48. The van der Waals surface area contributed by atoms with E-state index in [1.165, 1.54) is 32.1 Å². The third-order valence-electron chi connectivity index (χ3n) is 6.80. The molecule has 0 radical (unpaired) electrons. The summed E-state index contributed by atoms with van der Waals surface area (Å²) in [5, 5.41) is 14.4. The van der Waals surface area contributed by atoms with Crippen molar-refractivity contribution in [3.8, 4) is 0 Å². The van der Waals surface area contributed by atoms with E-state index in [-0.39, 0.29) is 5.60 Å². The van der Waals surface area contributed by atoms with Crippen LogP contribution < -0.4 is 5.32 Å². The largest absolute Gasteiger partial charge is 0.390 e. The zero-order chi connectivity index (χ0) is 12.9. The molecule has 0 aromatic rings. The summed E-state index contributed by atoms with van der Waals surface area (Å²) in [6.45, 7) is 2.12. The molecule has 0 amide bonds. The minimum atomic E-state index is -0.344. The molecule has 1 aliphatic heterocycles. The van der Waals surface area contributed by atoms with Crippen LogP contribution >= 0.6 is 0 Å². The van der Waals surface area contributed by atoms with Crippen molar-refractivity contribution < 1.29 is 5.11 Å². The Morgan fingerprint density at radius 3 is 2.26 bits per heavy atom. The van der Waals surface area contributed by atoms with Gasteiger partial charge in [-0.3, -0.25) is 0 Å². The Hall–Kier alpha value is -0.0800. The predicted octanol–water partition coefficient (Wildman–Crippen LogP) is 2.95. The first-order valence-corrected chi connectivity index (χ1v) is 8.65. The van der Waals surface area contributed by atoms with E-state index in [0.717, 1.165) is 68.4 Å². The zero-order valence-electron chi connectivity index (χ0n) is 12.1. The van der Waals surface area contributed by atoms with Gasteiger partial charge >= 0.3 is 0 Å². The smallest absolute Gasteiger partial charge is 0.0663 e. The van der Waals surface area contributed by atoms with Crippen LogP contribution in [0, 0.1) is 29.6 Å². The fourth-order valence-corrected chi connectivity index (χ4v) is 6.13. The number of hydrogen-bond donors (Lipinski definition) is 2. The van der Waals surface area contributed by atoms with Crippen LogP contribution in [0.4, 0.5) is 0 Å². The summed E-state index contributed by atoms with van der Waals surface area (Å²) in [4.78, 5) is 0. The fourth-order valence-electron chi connectivity index (χ4n) is 6.13. The lowest BCUT2D eigenvalue weighted by Gasteiger charge is -2.55. The molecule has 4 aliphatic carbocycles. The molecule has 4 bridgehead atoms. The van der Waals surface area contributed by atoms with Crippen molar-refractivity contribution in [1.82, 2.24) is 5.32 Å². The number of aliphatic hydroxyl groups is 1. The summed E-state index contributed by atoms with van der Waals surface area (Å²) in [5.74, 6) is 4.91. The second-order valence-electron chi connectivity index (χ2n) is 8.13. The van der Waals surface area contributed by atoms with Gasteiger partial charge in [0.15, 0.2) is 0 Å². The van der Waals surface area contributed by atoms with Gasteiger partial charge in [-0.2, -0.15) is 0 Å². The summed E-state index contributed by atoms with van der Waals surface area (Å²) in [7, 11) is 0. The summed E-state index contributed by atoms with van der Waals surface area (Å²) < 4.78 is 0. The van der Waals surface area contributed by atoms with E-state index in [1.807, 2.05) is 0 Å². The molecule has 5 aliphatic rings. The Kier molecular flexibility index (Phi) is 3.15. The fraction of sp³-hybridized carbons (Fsp3) is 1.00. The van der Waals surface area contributed by atoms with E-state index in [0.29, 0.717) is 0 Å². The third kappa shape index (κ3) is 2.35. The van der Waals surface area contributed by atoms with Gasteiger partial charge < -0.3 is 10.4 Å². The molecule has 4 saturated carbocycles. The van der Waals surface area contributed by atoms with E-state index < -0.39 is 0 Å². The molecule has 108 valence electrons. The summed E-state index contributed by atoms with van der Waals surface area (Å²) in [5.41, 5.74) is -0.344. The Bertz CT molecular complexity index is 304. The van der Waals surface area contributed by atoms with Crippen molar-refractivity contribution in [3.05, 3.63) is 0 Å². The topological polar surface area (TPSA) is 32.3 Å². The molecule has 0 aromatic carbocycles. The summed E-state index contributed by atoms with van der Waals surface area (Å²) in [6.07, 6.45) is 11.8. The van der Waals surface area contributed by atoms with Crippen LogP contribution in [-0.4, -0.2) is 23.8 Å². The van der Waals surface area contributed by atoms with Crippen LogP contribution in [-0.2, 0) is 0 Å². The highest BCUT2D eigenvalue weighted by atomic mass is 16.3. The third-order valence-corrected chi connectivity index (χ3v) is 6.80. The first kappa shape index (κ1) is 12.6. The van der Waals surface area contributed by atoms with Crippen LogP contribution in [0.5, 0.6) is 0 Å². The second-order valence-corrected chi connectivity index (χ2v) is 8.13. The lowest BCUT2D eigenvalue weighted by molar-refractivity contribution is -0.0837. The lowest BCUT2D eigenvalue weighted by atomic mass is 9.50. The average molecular weight is 263 g/mol. The van der Waals surface area contributed by atoms with E-state index in [2.05, 4.69) is 5.32 Å². The Morgan fingerprint density at radius 1 is 0.895 bits per heavy atom. The molecule has 2 N–H and O–H groups in total. The second kappa shape index (κ2) is 4.73. The maximum Gasteiger partial charge on any atom is 0.0663 e. The van der Waals surface area contributed by atoms with Crippen molar-refractivity contribution >= 4 is 0 Å². The van der Waals surface area contributed by atoms with E-state index in [9.17, 15) is 5.11 Å². The van der Waals surface area contributed by atoms with Crippen molar-refractivity contribution in [1.29, 1.82) is 0 Å². The molecular formula is C17H29NO. The molecule has 1 heterocycles. The summed E-state index contributed by atoms with van der Waals surface area (Å²) >= 11 is 0. The molecule has 5 rings (SSSR count). The van der Waals surface area contributed by atoms with Gasteiger partial charge in [0.05, 0.1) is 5.60 Å². The van der Waals surface area contributed by atoms with Gasteiger partial charge in [-0.15, -0.1) is 0 Å². The van der Waals surface area contributed by atoms with Crippen molar-refractivity contribution in [3.63, 3.8) is 0 Å². The first-order chi connectivity index (χ1) is 9.22. The van der Waals surface area contributed by atoms with E-state index in [1.54, 1.807) is 0 Å². The van der Waals surface area contributed by atoms with Gasteiger partial charge in [0.1, 0.15) is 0 Å². The highest BCUT2D eigenvalue weighted by Crippen LogP contribution is 2.58. The van der Waals surface area contributed by atoms with Gasteiger partial charge in [0.2, 0.25) is 0 Å². The van der Waals surface area contributed by atoms with Gasteiger partial charge in [0.25, 0.3) is 0 Å². The van der Waals surface area contributed by atoms with Crippen LogP contribution in [0.3, 0.4) is 0 Å². The molecule has 2 heteroatoms. The maximum atomic E-state index is 11.0. The van der Waals surface area contributed by atoms with E-state index in [4.69, 9.17) is 0 Å².